The van der Waals surface area contributed by atoms with E-state index in [4.69, 9.17) is 0 Å². The molecule has 162 valence electrons. The molecular formula is C32H22O2. The maximum Gasteiger partial charge on any atom is 0.226 e. The standard InChI is InChI=1S/C32H22O2/c33-22-30(34)32-29(27-18-10-17-26(21-27)23-11-4-1-5-12-23)20-19-28(24-13-6-2-7-14-24)31(32)25-15-8-3-9-16-25/h1-22H. The number of benzene rings is 5. The fourth-order valence-corrected chi connectivity index (χ4v) is 4.42. The first kappa shape index (κ1) is 21.3. The molecule has 0 saturated heterocycles. The van der Waals surface area contributed by atoms with Crippen LogP contribution in [0.1, 0.15) is 10.4 Å². The number of rotatable bonds is 6. The molecule has 0 spiro atoms. The highest BCUT2D eigenvalue weighted by Crippen LogP contribution is 2.40. The number of hydrogen-bond acceptors (Lipinski definition) is 2. The predicted octanol–water partition coefficient (Wildman–Crippen LogP) is 7.74. The Morgan fingerprint density at radius 3 is 1.59 bits per heavy atom. The van der Waals surface area contributed by atoms with E-state index < -0.39 is 5.78 Å². The van der Waals surface area contributed by atoms with Gasteiger partial charge in [0.25, 0.3) is 0 Å². The Hall–Kier alpha value is -4.56. The van der Waals surface area contributed by atoms with Crippen molar-refractivity contribution >= 4 is 12.1 Å². The average Bonchev–Trinajstić information content (AvgIpc) is 2.93. The first-order chi connectivity index (χ1) is 16.8. The summed E-state index contributed by atoms with van der Waals surface area (Å²) in [6.45, 7) is 0. The van der Waals surface area contributed by atoms with Gasteiger partial charge in [0.05, 0.1) is 0 Å². The SMILES string of the molecule is O=CC(=O)c1c(-c2cccc(-c3ccccc3)c2)ccc(-c2ccccc2)c1-c1ccccc1. The second kappa shape index (κ2) is 9.51. The maximum atomic E-state index is 13.2. The van der Waals surface area contributed by atoms with Crippen molar-refractivity contribution in [3.63, 3.8) is 0 Å². The van der Waals surface area contributed by atoms with Gasteiger partial charge >= 0.3 is 0 Å². The van der Waals surface area contributed by atoms with Gasteiger partial charge in [-0.3, -0.25) is 9.59 Å². The third kappa shape index (κ3) is 4.10. The van der Waals surface area contributed by atoms with E-state index in [9.17, 15) is 9.59 Å². The molecule has 0 aliphatic carbocycles. The Morgan fingerprint density at radius 1 is 0.471 bits per heavy atom. The minimum atomic E-state index is -0.531. The van der Waals surface area contributed by atoms with Crippen LogP contribution >= 0.6 is 0 Å². The van der Waals surface area contributed by atoms with E-state index in [1.807, 2.05) is 103 Å². The molecule has 2 nitrogen and oxygen atoms in total. The van der Waals surface area contributed by atoms with Crippen LogP contribution in [0.3, 0.4) is 0 Å². The van der Waals surface area contributed by atoms with Gasteiger partial charge in [-0.2, -0.15) is 0 Å². The predicted molar refractivity (Wildman–Crippen MR) is 139 cm³/mol. The van der Waals surface area contributed by atoms with Crippen LogP contribution in [-0.2, 0) is 4.79 Å². The lowest BCUT2D eigenvalue weighted by Crippen LogP contribution is -2.07. The van der Waals surface area contributed by atoms with Crippen LogP contribution in [0.15, 0.2) is 127 Å². The number of hydrogen-bond donors (Lipinski definition) is 0. The fraction of sp³-hybridized carbons (Fsp3) is 0. The van der Waals surface area contributed by atoms with Gasteiger partial charge in [-0.1, -0.05) is 121 Å². The molecule has 2 heteroatoms. The van der Waals surface area contributed by atoms with Crippen LogP contribution in [0.2, 0.25) is 0 Å². The molecule has 0 unspecified atom stereocenters. The van der Waals surface area contributed by atoms with Crippen LogP contribution in [0.5, 0.6) is 0 Å². The van der Waals surface area contributed by atoms with Gasteiger partial charge in [-0.15, -0.1) is 0 Å². The first-order valence-corrected chi connectivity index (χ1v) is 11.2. The van der Waals surface area contributed by atoms with Crippen LogP contribution in [-0.4, -0.2) is 12.1 Å². The summed E-state index contributed by atoms with van der Waals surface area (Å²) in [4.78, 5) is 25.0. The summed E-state index contributed by atoms with van der Waals surface area (Å²) < 4.78 is 0. The topological polar surface area (TPSA) is 34.1 Å². The Morgan fingerprint density at radius 2 is 0.971 bits per heavy atom. The van der Waals surface area contributed by atoms with Crippen molar-refractivity contribution in [2.24, 2.45) is 0 Å². The normalized spacial score (nSPS) is 10.6. The molecular weight excluding hydrogens is 416 g/mol. The molecule has 0 aromatic heterocycles. The van der Waals surface area contributed by atoms with Gasteiger partial charge in [0.15, 0.2) is 6.29 Å². The molecule has 0 N–H and O–H groups in total. The van der Waals surface area contributed by atoms with Crippen LogP contribution in [0, 0.1) is 0 Å². The van der Waals surface area contributed by atoms with Gasteiger partial charge in [0.1, 0.15) is 0 Å². The second-order valence-electron chi connectivity index (χ2n) is 8.07. The van der Waals surface area contributed by atoms with E-state index >= 15 is 0 Å². The monoisotopic (exact) mass is 438 g/mol. The number of carbonyl (C=O) groups is 2. The summed E-state index contributed by atoms with van der Waals surface area (Å²) in [6, 6.07) is 42.0. The second-order valence-corrected chi connectivity index (χ2v) is 8.07. The molecule has 0 amide bonds. The zero-order chi connectivity index (χ0) is 23.3. The van der Waals surface area contributed by atoms with E-state index in [2.05, 4.69) is 24.3 Å². The zero-order valence-electron chi connectivity index (χ0n) is 18.5. The molecule has 0 saturated carbocycles. The van der Waals surface area contributed by atoms with E-state index in [0.717, 1.165) is 44.5 Å². The van der Waals surface area contributed by atoms with E-state index in [1.54, 1.807) is 0 Å². The van der Waals surface area contributed by atoms with Crippen molar-refractivity contribution in [3.8, 4) is 44.5 Å². The highest BCUT2D eigenvalue weighted by atomic mass is 16.2. The summed E-state index contributed by atoms with van der Waals surface area (Å²) in [7, 11) is 0. The minimum Gasteiger partial charge on any atom is -0.294 e. The van der Waals surface area contributed by atoms with Crippen molar-refractivity contribution in [2.75, 3.05) is 0 Å². The molecule has 0 radical (unpaired) electrons. The summed E-state index contributed by atoms with van der Waals surface area (Å²) in [5, 5.41) is 0. The third-order valence-corrected chi connectivity index (χ3v) is 5.99. The van der Waals surface area contributed by atoms with Crippen LogP contribution < -0.4 is 0 Å². The summed E-state index contributed by atoms with van der Waals surface area (Å²) in [5.74, 6) is -0.531. The molecule has 0 aliphatic heterocycles. The molecule has 0 atom stereocenters. The largest absolute Gasteiger partial charge is 0.294 e. The van der Waals surface area contributed by atoms with Gasteiger partial charge in [-0.25, -0.2) is 0 Å². The van der Waals surface area contributed by atoms with Gasteiger partial charge in [-0.05, 0) is 45.0 Å². The Bertz CT molecular complexity index is 1450. The number of carbonyl (C=O) groups excluding carboxylic acids is 2. The zero-order valence-corrected chi connectivity index (χ0v) is 18.5. The quantitative estimate of drug-likeness (QED) is 0.154. The maximum absolute atomic E-state index is 13.2. The lowest BCUT2D eigenvalue weighted by Gasteiger charge is -2.18. The van der Waals surface area contributed by atoms with E-state index in [-0.39, 0.29) is 0 Å². The molecule has 5 aromatic carbocycles. The smallest absolute Gasteiger partial charge is 0.226 e. The van der Waals surface area contributed by atoms with Gasteiger partial charge in [0.2, 0.25) is 5.78 Å². The molecule has 0 bridgehead atoms. The van der Waals surface area contributed by atoms with Crippen molar-refractivity contribution < 1.29 is 9.59 Å². The average molecular weight is 439 g/mol. The highest BCUT2D eigenvalue weighted by Gasteiger charge is 2.22. The summed E-state index contributed by atoms with van der Waals surface area (Å²) in [6.07, 6.45) is 0.418. The minimum absolute atomic E-state index is 0.418. The van der Waals surface area contributed by atoms with Crippen molar-refractivity contribution in [1.29, 1.82) is 0 Å². The molecule has 34 heavy (non-hydrogen) atoms. The summed E-state index contributed by atoms with van der Waals surface area (Å²) >= 11 is 0. The third-order valence-electron chi connectivity index (χ3n) is 5.99. The van der Waals surface area contributed by atoms with Gasteiger partial charge < -0.3 is 0 Å². The Kier molecular flexibility index (Phi) is 5.96. The van der Waals surface area contributed by atoms with Gasteiger partial charge in [0, 0.05) is 11.1 Å². The van der Waals surface area contributed by atoms with Crippen molar-refractivity contribution in [3.05, 3.63) is 133 Å². The molecule has 0 fully saturated rings. The van der Waals surface area contributed by atoms with Crippen molar-refractivity contribution in [1.82, 2.24) is 0 Å². The molecule has 0 aliphatic rings. The van der Waals surface area contributed by atoms with Crippen LogP contribution in [0.25, 0.3) is 44.5 Å². The highest BCUT2D eigenvalue weighted by molar-refractivity contribution is 6.37. The Balaban J connectivity index is 1.80. The fourth-order valence-electron chi connectivity index (χ4n) is 4.42. The molecule has 5 rings (SSSR count). The van der Waals surface area contributed by atoms with E-state index in [0.29, 0.717) is 11.8 Å². The lowest BCUT2D eigenvalue weighted by atomic mass is 9.84. The first-order valence-electron chi connectivity index (χ1n) is 11.2. The molecule has 0 heterocycles. The number of Topliss-reactive ketones (excluding diaryl/α,β-unsaturated/α-hetero) is 1. The van der Waals surface area contributed by atoms with Crippen molar-refractivity contribution in [2.45, 2.75) is 0 Å². The lowest BCUT2D eigenvalue weighted by molar-refractivity contribution is -0.104. The summed E-state index contributed by atoms with van der Waals surface area (Å²) in [5.41, 5.74) is 7.78. The molecule has 5 aromatic rings. The number of aldehydes is 1. The van der Waals surface area contributed by atoms with Crippen LogP contribution in [0.4, 0.5) is 0 Å². The Labute approximate surface area is 199 Å². The number of ketones is 1. The van der Waals surface area contributed by atoms with E-state index in [1.165, 1.54) is 0 Å².